The molecule has 0 aliphatic rings. The fraction of sp³-hybridized carbons (Fsp3) is 0.333. The highest BCUT2D eigenvalue weighted by Gasteiger charge is 2.08. The lowest BCUT2D eigenvalue weighted by Gasteiger charge is -2.13. The van der Waals surface area contributed by atoms with Crippen LogP contribution in [-0.2, 0) is 16.0 Å². The summed E-state index contributed by atoms with van der Waals surface area (Å²) in [7, 11) is 1.60. The molecule has 0 bridgehead atoms. The number of carbonyl (C=O) groups is 2. The van der Waals surface area contributed by atoms with Gasteiger partial charge in [-0.05, 0) is 42.2 Å². The first-order valence-electron chi connectivity index (χ1n) is 8.73. The Balaban J connectivity index is 2.05. The van der Waals surface area contributed by atoms with Gasteiger partial charge in [0, 0.05) is 32.2 Å². The summed E-state index contributed by atoms with van der Waals surface area (Å²) in [6.45, 7) is 4.49. The fourth-order valence-corrected chi connectivity index (χ4v) is 2.79. The average Bonchev–Trinajstić information content (AvgIpc) is 2.62. The zero-order valence-electron chi connectivity index (χ0n) is 15.5. The van der Waals surface area contributed by atoms with Crippen molar-refractivity contribution in [2.75, 3.05) is 20.3 Å². The van der Waals surface area contributed by atoms with Gasteiger partial charge in [0.15, 0.2) is 0 Å². The maximum absolute atomic E-state index is 12.2. The molecular weight excluding hydrogens is 328 g/mol. The van der Waals surface area contributed by atoms with E-state index in [1.165, 1.54) is 6.92 Å². The van der Waals surface area contributed by atoms with E-state index in [0.717, 1.165) is 23.1 Å². The van der Waals surface area contributed by atoms with E-state index < -0.39 is 0 Å². The number of rotatable bonds is 8. The van der Waals surface area contributed by atoms with E-state index in [-0.39, 0.29) is 17.9 Å². The quantitative estimate of drug-likeness (QED) is 0.717. The standard InChI is InChI=1S/C21H26N2O3/c1-15(23-16(2)24)13-17-7-9-18(10-8-17)19-5-4-6-20(14-19)21(25)22-11-12-26-3/h4-10,14-15H,11-13H2,1-3H3,(H,22,25)(H,23,24). The Labute approximate surface area is 154 Å². The summed E-state index contributed by atoms with van der Waals surface area (Å²) < 4.78 is 4.94. The third-order valence-corrected chi connectivity index (χ3v) is 4.00. The smallest absolute Gasteiger partial charge is 0.251 e. The highest BCUT2D eigenvalue weighted by atomic mass is 16.5. The van der Waals surface area contributed by atoms with E-state index in [2.05, 4.69) is 22.8 Å². The lowest BCUT2D eigenvalue weighted by Crippen LogP contribution is -2.31. The van der Waals surface area contributed by atoms with E-state index in [4.69, 9.17) is 4.74 Å². The summed E-state index contributed by atoms with van der Waals surface area (Å²) in [4.78, 5) is 23.3. The van der Waals surface area contributed by atoms with Gasteiger partial charge in [0.25, 0.3) is 5.91 Å². The summed E-state index contributed by atoms with van der Waals surface area (Å²) in [5.74, 6) is -0.126. The molecule has 0 saturated heterocycles. The lowest BCUT2D eigenvalue weighted by molar-refractivity contribution is -0.119. The second-order valence-corrected chi connectivity index (χ2v) is 6.33. The Bertz CT molecular complexity index is 741. The topological polar surface area (TPSA) is 67.4 Å². The molecule has 0 spiro atoms. The number of hydrogen-bond donors (Lipinski definition) is 2. The number of methoxy groups -OCH3 is 1. The summed E-state index contributed by atoms with van der Waals surface area (Å²) in [6, 6.07) is 15.8. The van der Waals surface area contributed by atoms with Crippen molar-refractivity contribution in [2.45, 2.75) is 26.3 Å². The van der Waals surface area contributed by atoms with Crippen LogP contribution in [0, 0.1) is 0 Å². The van der Waals surface area contributed by atoms with Crippen LogP contribution in [0.15, 0.2) is 48.5 Å². The minimum absolute atomic E-state index is 0.0188. The number of nitrogens with one attached hydrogen (secondary N) is 2. The molecule has 5 nitrogen and oxygen atoms in total. The van der Waals surface area contributed by atoms with Crippen molar-refractivity contribution in [2.24, 2.45) is 0 Å². The van der Waals surface area contributed by atoms with Gasteiger partial charge in [-0.1, -0.05) is 36.4 Å². The summed E-state index contributed by atoms with van der Waals surface area (Å²) in [6.07, 6.45) is 0.780. The lowest BCUT2D eigenvalue weighted by atomic mass is 9.99. The van der Waals surface area contributed by atoms with Crippen LogP contribution in [0.1, 0.15) is 29.8 Å². The van der Waals surface area contributed by atoms with Crippen molar-refractivity contribution >= 4 is 11.8 Å². The zero-order chi connectivity index (χ0) is 18.9. The third kappa shape index (κ3) is 6.01. The van der Waals surface area contributed by atoms with Crippen molar-refractivity contribution in [1.29, 1.82) is 0 Å². The molecule has 2 aromatic carbocycles. The molecule has 2 amide bonds. The van der Waals surface area contributed by atoms with Crippen LogP contribution in [0.4, 0.5) is 0 Å². The van der Waals surface area contributed by atoms with Crippen molar-refractivity contribution in [3.05, 3.63) is 59.7 Å². The number of amides is 2. The molecule has 138 valence electrons. The average molecular weight is 354 g/mol. The summed E-state index contributed by atoms with van der Waals surface area (Å²) in [5, 5.41) is 5.71. The Morgan fingerprint density at radius 1 is 1.08 bits per heavy atom. The predicted molar refractivity (Wildman–Crippen MR) is 103 cm³/mol. The van der Waals surface area contributed by atoms with Gasteiger partial charge in [0.2, 0.25) is 5.91 Å². The van der Waals surface area contributed by atoms with Crippen LogP contribution in [0.25, 0.3) is 11.1 Å². The summed E-state index contributed by atoms with van der Waals surface area (Å²) >= 11 is 0. The van der Waals surface area contributed by atoms with Crippen molar-refractivity contribution in [1.82, 2.24) is 10.6 Å². The van der Waals surface area contributed by atoms with Crippen LogP contribution >= 0.6 is 0 Å². The Hall–Kier alpha value is -2.66. The van der Waals surface area contributed by atoms with E-state index in [9.17, 15) is 9.59 Å². The number of benzene rings is 2. The molecule has 2 N–H and O–H groups in total. The fourth-order valence-electron chi connectivity index (χ4n) is 2.79. The first-order chi connectivity index (χ1) is 12.5. The molecule has 5 heteroatoms. The molecule has 0 heterocycles. The van der Waals surface area contributed by atoms with Gasteiger partial charge >= 0.3 is 0 Å². The van der Waals surface area contributed by atoms with Crippen LogP contribution in [-0.4, -0.2) is 38.1 Å². The molecular formula is C21H26N2O3. The van der Waals surface area contributed by atoms with Gasteiger partial charge in [-0.2, -0.15) is 0 Å². The van der Waals surface area contributed by atoms with Gasteiger partial charge in [-0.15, -0.1) is 0 Å². The van der Waals surface area contributed by atoms with Crippen LogP contribution in [0.5, 0.6) is 0 Å². The zero-order valence-corrected chi connectivity index (χ0v) is 15.5. The Morgan fingerprint density at radius 2 is 1.81 bits per heavy atom. The molecule has 2 aromatic rings. The summed E-state index contributed by atoms with van der Waals surface area (Å²) in [5.41, 5.74) is 3.82. The second kappa shape index (κ2) is 9.73. The Morgan fingerprint density at radius 3 is 2.46 bits per heavy atom. The monoisotopic (exact) mass is 354 g/mol. The van der Waals surface area contributed by atoms with Crippen LogP contribution in [0.2, 0.25) is 0 Å². The molecule has 1 atom stereocenters. The van der Waals surface area contributed by atoms with Crippen molar-refractivity contribution in [3.63, 3.8) is 0 Å². The van der Waals surface area contributed by atoms with Crippen LogP contribution < -0.4 is 10.6 Å². The van der Waals surface area contributed by atoms with E-state index in [1.54, 1.807) is 13.2 Å². The number of carbonyl (C=O) groups excluding carboxylic acids is 2. The molecule has 0 aliphatic carbocycles. The first kappa shape index (κ1) is 19.7. The van der Waals surface area contributed by atoms with E-state index in [0.29, 0.717) is 18.7 Å². The Kier molecular flexibility index (Phi) is 7.36. The molecule has 0 aromatic heterocycles. The number of hydrogen-bond acceptors (Lipinski definition) is 3. The van der Waals surface area contributed by atoms with Gasteiger partial charge < -0.3 is 15.4 Å². The van der Waals surface area contributed by atoms with Crippen molar-refractivity contribution < 1.29 is 14.3 Å². The molecule has 0 saturated carbocycles. The van der Waals surface area contributed by atoms with Crippen molar-refractivity contribution in [3.8, 4) is 11.1 Å². The maximum Gasteiger partial charge on any atom is 0.251 e. The first-order valence-corrected chi connectivity index (χ1v) is 8.73. The minimum Gasteiger partial charge on any atom is -0.383 e. The van der Waals surface area contributed by atoms with Gasteiger partial charge in [0.1, 0.15) is 0 Å². The molecule has 0 aliphatic heterocycles. The second-order valence-electron chi connectivity index (χ2n) is 6.33. The van der Waals surface area contributed by atoms with Gasteiger partial charge in [-0.25, -0.2) is 0 Å². The highest BCUT2D eigenvalue weighted by molar-refractivity contribution is 5.95. The largest absolute Gasteiger partial charge is 0.383 e. The normalized spacial score (nSPS) is 11.7. The molecule has 0 fully saturated rings. The molecule has 1 unspecified atom stereocenters. The maximum atomic E-state index is 12.2. The molecule has 0 radical (unpaired) electrons. The molecule has 2 rings (SSSR count). The van der Waals surface area contributed by atoms with Gasteiger partial charge in [-0.3, -0.25) is 9.59 Å². The minimum atomic E-state index is -0.107. The third-order valence-electron chi connectivity index (χ3n) is 4.00. The van der Waals surface area contributed by atoms with E-state index in [1.807, 2.05) is 37.3 Å². The van der Waals surface area contributed by atoms with Crippen LogP contribution in [0.3, 0.4) is 0 Å². The van der Waals surface area contributed by atoms with E-state index >= 15 is 0 Å². The predicted octanol–water partition coefficient (Wildman–Crippen LogP) is 2.80. The SMILES string of the molecule is COCCNC(=O)c1cccc(-c2ccc(CC(C)NC(C)=O)cc2)c1. The van der Waals surface area contributed by atoms with Gasteiger partial charge in [0.05, 0.1) is 6.61 Å². The highest BCUT2D eigenvalue weighted by Crippen LogP contribution is 2.21. The number of ether oxygens (including phenoxy) is 1. The molecule has 26 heavy (non-hydrogen) atoms.